The van der Waals surface area contributed by atoms with Gasteiger partial charge in [-0.05, 0) is 49.7 Å². The predicted molar refractivity (Wildman–Crippen MR) is 102 cm³/mol. The lowest BCUT2D eigenvalue weighted by Gasteiger charge is -2.24. The van der Waals surface area contributed by atoms with Crippen molar-refractivity contribution in [3.63, 3.8) is 0 Å². The van der Waals surface area contributed by atoms with Crippen molar-refractivity contribution < 1.29 is 13.2 Å². The summed E-state index contributed by atoms with van der Waals surface area (Å²) in [7, 11) is -3.34. The van der Waals surface area contributed by atoms with Crippen LogP contribution in [0, 0.1) is 0 Å². The van der Waals surface area contributed by atoms with Gasteiger partial charge in [-0.3, -0.25) is 4.79 Å². The van der Waals surface area contributed by atoms with Crippen molar-refractivity contribution in [3.8, 4) is 0 Å². The van der Waals surface area contributed by atoms with Gasteiger partial charge in [0.1, 0.15) is 0 Å². The maximum atomic E-state index is 12.7. The highest BCUT2D eigenvalue weighted by molar-refractivity contribution is 7.91. The first kappa shape index (κ1) is 19.8. The van der Waals surface area contributed by atoms with E-state index in [-0.39, 0.29) is 16.6 Å². The van der Waals surface area contributed by atoms with Crippen molar-refractivity contribution in [1.82, 2.24) is 0 Å². The van der Waals surface area contributed by atoms with Gasteiger partial charge < -0.3 is 5.32 Å². The topological polar surface area (TPSA) is 63.2 Å². The molecule has 2 aromatic rings. The van der Waals surface area contributed by atoms with Gasteiger partial charge in [0.05, 0.1) is 26.1 Å². The van der Waals surface area contributed by atoms with Crippen molar-refractivity contribution in [3.05, 3.63) is 58.1 Å². The molecule has 0 saturated heterocycles. The van der Waals surface area contributed by atoms with Crippen molar-refractivity contribution in [2.75, 3.05) is 11.1 Å². The summed E-state index contributed by atoms with van der Waals surface area (Å²) < 4.78 is 24.0. The van der Waals surface area contributed by atoms with Crippen LogP contribution < -0.4 is 5.32 Å². The van der Waals surface area contributed by atoms with Crippen molar-refractivity contribution >= 4 is 44.6 Å². The third-order valence-electron chi connectivity index (χ3n) is 4.04. The van der Waals surface area contributed by atoms with E-state index in [0.29, 0.717) is 21.3 Å². The van der Waals surface area contributed by atoms with Crippen LogP contribution in [0.5, 0.6) is 0 Å². The maximum Gasteiger partial charge on any atom is 0.234 e. The molecular weight excluding hydrogens is 381 g/mol. The highest BCUT2D eigenvalue weighted by Crippen LogP contribution is 2.31. The van der Waals surface area contributed by atoms with Crippen LogP contribution in [-0.2, 0) is 20.0 Å². The largest absolute Gasteiger partial charge is 0.325 e. The monoisotopic (exact) mass is 399 g/mol. The van der Waals surface area contributed by atoms with E-state index in [9.17, 15) is 13.2 Å². The molecule has 0 heterocycles. The summed E-state index contributed by atoms with van der Waals surface area (Å²) in [4.78, 5) is 12.9. The molecule has 1 N–H and O–H groups in total. The van der Waals surface area contributed by atoms with Crippen LogP contribution in [-0.4, -0.2) is 20.1 Å². The summed E-state index contributed by atoms with van der Waals surface area (Å²) in [5.41, 5.74) is 0.248. The van der Waals surface area contributed by atoms with Crippen LogP contribution in [0.15, 0.2) is 47.4 Å². The summed E-state index contributed by atoms with van der Waals surface area (Å²) >= 11 is 12.0. The van der Waals surface area contributed by atoms with E-state index < -0.39 is 15.3 Å². The Bertz CT molecular complexity index is 908. The molecule has 2 rings (SSSR count). The Morgan fingerprint density at radius 2 is 1.76 bits per heavy atom. The molecule has 0 aliphatic carbocycles. The number of nitrogens with one attached hydrogen (secondary N) is 1. The number of hydrogen-bond acceptors (Lipinski definition) is 3. The Morgan fingerprint density at radius 1 is 1.08 bits per heavy atom. The predicted octanol–water partition coefficient (Wildman–Crippen LogP) is 4.70. The van der Waals surface area contributed by atoms with Crippen molar-refractivity contribution in [2.24, 2.45) is 0 Å². The Hall–Kier alpha value is -1.56. The van der Waals surface area contributed by atoms with E-state index in [2.05, 4.69) is 5.32 Å². The first-order valence-corrected chi connectivity index (χ1v) is 10.1. The van der Waals surface area contributed by atoms with Crippen LogP contribution >= 0.6 is 23.2 Å². The number of carbonyl (C=O) groups excluding carboxylic acids is 1. The second kappa shape index (κ2) is 7.36. The van der Waals surface area contributed by atoms with E-state index in [0.717, 1.165) is 0 Å². The van der Waals surface area contributed by atoms with Gasteiger partial charge in [0, 0.05) is 5.69 Å². The van der Waals surface area contributed by atoms with E-state index in [1.807, 2.05) is 0 Å². The van der Waals surface area contributed by atoms with Crippen LogP contribution in [0.1, 0.15) is 26.3 Å². The molecule has 0 aliphatic rings. The lowest BCUT2D eigenvalue weighted by atomic mass is 9.83. The number of halogens is 2. The highest BCUT2D eigenvalue weighted by Gasteiger charge is 2.30. The van der Waals surface area contributed by atoms with Crippen LogP contribution in [0.3, 0.4) is 0 Å². The number of rotatable bonds is 5. The average molecular weight is 400 g/mol. The molecule has 4 nitrogen and oxygen atoms in total. The zero-order valence-electron chi connectivity index (χ0n) is 14.1. The molecule has 0 spiro atoms. The standard InChI is InChI=1S/C18H19Cl2NO3S/c1-4-25(23,24)14-7-5-6-13(11-14)21-17(22)18(2,3)12-8-9-15(19)16(20)10-12/h5-11H,4H2,1-3H3,(H,21,22). The molecule has 0 aliphatic heterocycles. The molecule has 25 heavy (non-hydrogen) atoms. The number of carbonyl (C=O) groups is 1. The number of amides is 1. The van der Waals surface area contributed by atoms with E-state index in [1.165, 1.54) is 12.1 Å². The molecule has 7 heteroatoms. The van der Waals surface area contributed by atoms with Gasteiger partial charge in [-0.1, -0.05) is 42.3 Å². The lowest BCUT2D eigenvalue weighted by molar-refractivity contribution is -0.120. The van der Waals surface area contributed by atoms with Crippen LogP contribution in [0.4, 0.5) is 5.69 Å². The number of sulfone groups is 1. The first-order chi connectivity index (χ1) is 11.6. The Morgan fingerprint density at radius 3 is 2.36 bits per heavy atom. The van der Waals surface area contributed by atoms with Gasteiger partial charge in [-0.25, -0.2) is 8.42 Å². The molecule has 0 aromatic heterocycles. The number of hydrogen-bond donors (Lipinski definition) is 1. The summed E-state index contributed by atoms with van der Waals surface area (Å²) in [5.74, 6) is -0.281. The maximum absolute atomic E-state index is 12.7. The quantitative estimate of drug-likeness (QED) is 0.791. The molecule has 0 atom stereocenters. The summed E-state index contributed by atoms with van der Waals surface area (Å²) in [6.07, 6.45) is 0. The van der Waals surface area contributed by atoms with Gasteiger partial charge in [0.2, 0.25) is 5.91 Å². The Balaban J connectivity index is 2.29. The molecule has 0 fully saturated rings. The second-order valence-corrected chi connectivity index (χ2v) is 9.23. The molecule has 0 unspecified atom stereocenters. The lowest BCUT2D eigenvalue weighted by Crippen LogP contribution is -2.34. The molecular formula is C18H19Cl2NO3S. The second-order valence-electron chi connectivity index (χ2n) is 6.14. The molecule has 0 radical (unpaired) electrons. The summed E-state index contributed by atoms with van der Waals surface area (Å²) in [6, 6.07) is 11.3. The molecule has 0 bridgehead atoms. The Labute approximate surface area is 158 Å². The van der Waals surface area contributed by atoms with E-state index >= 15 is 0 Å². The average Bonchev–Trinajstić information content (AvgIpc) is 2.57. The zero-order chi connectivity index (χ0) is 18.8. The smallest absolute Gasteiger partial charge is 0.234 e. The van der Waals surface area contributed by atoms with Gasteiger partial charge >= 0.3 is 0 Å². The minimum atomic E-state index is -3.34. The summed E-state index contributed by atoms with van der Waals surface area (Å²) in [6.45, 7) is 5.09. The third-order valence-corrected chi connectivity index (χ3v) is 6.51. The fraction of sp³-hybridized carbons (Fsp3) is 0.278. The highest BCUT2D eigenvalue weighted by atomic mass is 35.5. The molecule has 2 aromatic carbocycles. The van der Waals surface area contributed by atoms with Crippen LogP contribution in [0.25, 0.3) is 0 Å². The van der Waals surface area contributed by atoms with Gasteiger partial charge in [-0.15, -0.1) is 0 Å². The molecule has 134 valence electrons. The molecule has 1 amide bonds. The fourth-order valence-electron chi connectivity index (χ4n) is 2.24. The third kappa shape index (κ3) is 4.35. The molecule has 0 saturated carbocycles. The fourth-order valence-corrected chi connectivity index (χ4v) is 3.46. The normalized spacial score (nSPS) is 12.0. The van der Waals surface area contributed by atoms with Crippen LogP contribution in [0.2, 0.25) is 10.0 Å². The Kier molecular flexibility index (Phi) is 5.82. The summed E-state index contributed by atoms with van der Waals surface area (Å²) in [5, 5.41) is 3.56. The van der Waals surface area contributed by atoms with Crippen molar-refractivity contribution in [1.29, 1.82) is 0 Å². The first-order valence-electron chi connectivity index (χ1n) is 7.67. The zero-order valence-corrected chi connectivity index (χ0v) is 16.5. The van der Waals surface area contributed by atoms with Gasteiger partial charge in [0.15, 0.2) is 9.84 Å². The minimum absolute atomic E-state index is 0.000827. The minimum Gasteiger partial charge on any atom is -0.325 e. The SMILES string of the molecule is CCS(=O)(=O)c1cccc(NC(=O)C(C)(C)c2ccc(Cl)c(Cl)c2)c1. The van der Waals surface area contributed by atoms with E-state index in [4.69, 9.17) is 23.2 Å². The van der Waals surface area contributed by atoms with Crippen molar-refractivity contribution in [2.45, 2.75) is 31.1 Å². The van der Waals surface area contributed by atoms with Gasteiger partial charge in [-0.2, -0.15) is 0 Å². The van der Waals surface area contributed by atoms with E-state index in [1.54, 1.807) is 51.1 Å². The number of anilines is 1. The van der Waals surface area contributed by atoms with Gasteiger partial charge in [0.25, 0.3) is 0 Å². The number of benzene rings is 2.